The van der Waals surface area contributed by atoms with Gasteiger partial charge in [-0.25, -0.2) is 0 Å². The maximum atomic E-state index is 6.07. The maximum absolute atomic E-state index is 6.07. The molecule has 2 unspecified atom stereocenters. The van der Waals surface area contributed by atoms with E-state index in [2.05, 4.69) is 13.0 Å². The molecule has 3 heteroatoms. The summed E-state index contributed by atoms with van der Waals surface area (Å²) in [5.74, 6) is 1.99. The van der Waals surface area contributed by atoms with E-state index in [1.54, 1.807) is 0 Å². The normalized spacial score (nSPS) is 18.3. The standard InChI is InChI=1S/C12H15ClO2/c1-8(9(2)13)10-3-4-11-12(7-10)15-6-5-14-11/h3-4,7-9H,5-6H2,1-2H3. The number of ether oxygens (including phenoxy) is 2. The second-order valence-corrected chi connectivity index (χ2v) is 4.56. The molecular formula is C12H15ClO2. The molecule has 0 aromatic heterocycles. The Hall–Kier alpha value is -0.890. The van der Waals surface area contributed by atoms with Crippen LogP contribution >= 0.6 is 11.6 Å². The zero-order valence-corrected chi connectivity index (χ0v) is 9.75. The van der Waals surface area contributed by atoms with Gasteiger partial charge in [0.15, 0.2) is 11.5 Å². The second kappa shape index (κ2) is 4.31. The van der Waals surface area contributed by atoms with Crippen molar-refractivity contribution in [2.75, 3.05) is 13.2 Å². The molecule has 2 nitrogen and oxygen atoms in total. The van der Waals surface area contributed by atoms with Crippen LogP contribution in [0.3, 0.4) is 0 Å². The van der Waals surface area contributed by atoms with E-state index in [1.807, 2.05) is 19.1 Å². The van der Waals surface area contributed by atoms with Gasteiger partial charge in [-0.15, -0.1) is 11.6 Å². The van der Waals surface area contributed by atoms with Crippen molar-refractivity contribution < 1.29 is 9.47 Å². The quantitative estimate of drug-likeness (QED) is 0.722. The van der Waals surface area contributed by atoms with Crippen LogP contribution in [0.15, 0.2) is 18.2 Å². The molecule has 1 aromatic rings. The molecule has 0 amide bonds. The summed E-state index contributed by atoms with van der Waals surface area (Å²) in [4.78, 5) is 0. The van der Waals surface area contributed by atoms with Crippen LogP contribution in [0.4, 0.5) is 0 Å². The molecule has 0 saturated heterocycles. The van der Waals surface area contributed by atoms with Gasteiger partial charge in [0, 0.05) is 5.38 Å². The van der Waals surface area contributed by atoms with Crippen molar-refractivity contribution in [1.82, 2.24) is 0 Å². The Bertz CT molecular complexity index is 349. The SMILES string of the molecule is CC(Cl)C(C)c1ccc2c(c1)OCCO2. The summed E-state index contributed by atoms with van der Waals surface area (Å²) >= 11 is 6.07. The van der Waals surface area contributed by atoms with E-state index in [-0.39, 0.29) is 5.38 Å². The lowest BCUT2D eigenvalue weighted by atomic mass is 9.98. The average molecular weight is 227 g/mol. The summed E-state index contributed by atoms with van der Waals surface area (Å²) in [5, 5.41) is 0.118. The Morgan fingerprint density at radius 2 is 1.80 bits per heavy atom. The van der Waals surface area contributed by atoms with E-state index >= 15 is 0 Å². The van der Waals surface area contributed by atoms with Gasteiger partial charge in [-0.2, -0.15) is 0 Å². The van der Waals surface area contributed by atoms with E-state index in [1.165, 1.54) is 5.56 Å². The van der Waals surface area contributed by atoms with Gasteiger partial charge in [0.05, 0.1) is 0 Å². The molecule has 0 bridgehead atoms. The highest BCUT2D eigenvalue weighted by molar-refractivity contribution is 6.20. The first-order chi connectivity index (χ1) is 7.18. The molecule has 0 fully saturated rings. The Kier molecular flexibility index (Phi) is 3.06. The first-order valence-electron chi connectivity index (χ1n) is 5.22. The van der Waals surface area contributed by atoms with Crippen LogP contribution in [-0.2, 0) is 0 Å². The van der Waals surface area contributed by atoms with E-state index < -0.39 is 0 Å². The van der Waals surface area contributed by atoms with Crippen molar-refractivity contribution in [3.63, 3.8) is 0 Å². The number of halogens is 1. The van der Waals surface area contributed by atoms with E-state index in [0.29, 0.717) is 19.1 Å². The molecule has 1 aliphatic heterocycles. The minimum atomic E-state index is 0.118. The first kappa shape index (κ1) is 10.6. The van der Waals surface area contributed by atoms with Crippen LogP contribution < -0.4 is 9.47 Å². The van der Waals surface area contributed by atoms with Crippen LogP contribution in [-0.4, -0.2) is 18.6 Å². The predicted octanol–water partition coefficient (Wildman–Crippen LogP) is 3.19. The van der Waals surface area contributed by atoms with Crippen LogP contribution in [0, 0.1) is 0 Å². The number of alkyl halides is 1. The summed E-state index contributed by atoms with van der Waals surface area (Å²) in [5.41, 5.74) is 1.20. The zero-order chi connectivity index (χ0) is 10.8. The summed E-state index contributed by atoms with van der Waals surface area (Å²) < 4.78 is 11.0. The van der Waals surface area contributed by atoms with Crippen molar-refractivity contribution >= 4 is 11.6 Å². The molecule has 1 aliphatic rings. The van der Waals surface area contributed by atoms with Crippen LogP contribution in [0.25, 0.3) is 0 Å². The number of benzene rings is 1. The van der Waals surface area contributed by atoms with Crippen LogP contribution in [0.5, 0.6) is 11.5 Å². The van der Waals surface area contributed by atoms with E-state index in [0.717, 1.165) is 11.5 Å². The summed E-state index contributed by atoms with van der Waals surface area (Å²) in [6.45, 7) is 5.38. The molecule has 1 heterocycles. The van der Waals surface area contributed by atoms with Crippen LogP contribution in [0.1, 0.15) is 25.3 Å². The van der Waals surface area contributed by atoms with Gasteiger partial charge in [0.25, 0.3) is 0 Å². The fourth-order valence-electron chi connectivity index (χ4n) is 1.61. The zero-order valence-electron chi connectivity index (χ0n) is 9.00. The Balaban J connectivity index is 2.27. The Morgan fingerprint density at radius 1 is 1.13 bits per heavy atom. The van der Waals surface area contributed by atoms with Gasteiger partial charge in [-0.1, -0.05) is 13.0 Å². The molecule has 0 saturated carbocycles. The minimum Gasteiger partial charge on any atom is -0.486 e. The molecule has 2 atom stereocenters. The fourth-order valence-corrected chi connectivity index (χ4v) is 1.75. The van der Waals surface area contributed by atoms with Crippen LogP contribution in [0.2, 0.25) is 0 Å². The fraction of sp³-hybridized carbons (Fsp3) is 0.500. The lowest BCUT2D eigenvalue weighted by Gasteiger charge is -2.21. The van der Waals surface area contributed by atoms with Gasteiger partial charge in [0.1, 0.15) is 13.2 Å². The average Bonchev–Trinajstić information content (AvgIpc) is 2.27. The van der Waals surface area contributed by atoms with Gasteiger partial charge >= 0.3 is 0 Å². The maximum Gasteiger partial charge on any atom is 0.161 e. The smallest absolute Gasteiger partial charge is 0.161 e. The second-order valence-electron chi connectivity index (χ2n) is 3.87. The summed E-state index contributed by atoms with van der Waals surface area (Å²) in [6, 6.07) is 6.04. The lowest BCUT2D eigenvalue weighted by molar-refractivity contribution is 0.171. The highest BCUT2D eigenvalue weighted by Crippen LogP contribution is 2.34. The molecule has 0 spiro atoms. The molecule has 0 N–H and O–H groups in total. The van der Waals surface area contributed by atoms with Gasteiger partial charge in [-0.3, -0.25) is 0 Å². The molecule has 2 rings (SSSR count). The first-order valence-corrected chi connectivity index (χ1v) is 5.65. The van der Waals surface area contributed by atoms with Gasteiger partial charge in [-0.05, 0) is 30.5 Å². The third-order valence-electron chi connectivity index (χ3n) is 2.78. The molecule has 0 aliphatic carbocycles. The highest BCUT2D eigenvalue weighted by Gasteiger charge is 2.16. The Labute approximate surface area is 95.1 Å². The largest absolute Gasteiger partial charge is 0.486 e. The van der Waals surface area contributed by atoms with Crippen molar-refractivity contribution in [3.8, 4) is 11.5 Å². The van der Waals surface area contributed by atoms with Crippen molar-refractivity contribution in [2.24, 2.45) is 0 Å². The lowest BCUT2D eigenvalue weighted by Crippen LogP contribution is -2.16. The Morgan fingerprint density at radius 3 is 2.47 bits per heavy atom. The third-order valence-corrected chi connectivity index (χ3v) is 3.16. The molecule has 0 radical (unpaired) electrons. The van der Waals surface area contributed by atoms with Crippen molar-refractivity contribution in [1.29, 1.82) is 0 Å². The molecular weight excluding hydrogens is 212 g/mol. The minimum absolute atomic E-state index is 0.118. The van der Waals surface area contributed by atoms with E-state index in [9.17, 15) is 0 Å². The molecule has 1 aromatic carbocycles. The third kappa shape index (κ3) is 2.20. The summed E-state index contributed by atoms with van der Waals surface area (Å²) in [6.07, 6.45) is 0. The predicted molar refractivity (Wildman–Crippen MR) is 61.2 cm³/mol. The topological polar surface area (TPSA) is 18.5 Å². The number of hydrogen-bond acceptors (Lipinski definition) is 2. The van der Waals surface area contributed by atoms with Gasteiger partial charge < -0.3 is 9.47 Å². The number of fused-ring (bicyclic) bond motifs is 1. The van der Waals surface area contributed by atoms with Crippen molar-refractivity contribution in [2.45, 2.75) is 25.1 Å². The highest BCUT2D eigenvalue weighted by atomic mass is 35.5. The van der Waals surface area contributed by atoms with Gasteiger partial charge in [0.2, 0.25) is 0 Å². The molecule has 82 valence electrons. The monoisotopic (exact) mass is 226 g/mol. The molecule has 15 heavy (non-hydrogen) atoms. The van der Waals surface area contributed by atoms with E-state index in [4.69, 9.17) is 21.1 Å². The number of rotatable bonds is 2. The summed E-state index contributed by atoms with van der Waals surface area (Å²) in [7, 11) is 0. The van der Waals surface area contributed by atoms with Crippen molar-refractivity contribution in [3.05, 3.63) is 23.8 Å². The number of hydrogen-bond donors (Lipinski definition) is 0.